The molecule has 0 bridgehead atoms. The smallest absolute Gasteiger partial charge is 0.350 e. The van der Waals surface area contributed by atoms with Crippen LogP contribution in [-0.4, -0.2) is 51.4 Å². The molecule has 66 heavy (non-hydrogen) atoms. The van der Waals surface area contributed by atoms with Gasteiger partial charge >= 0.3 is 17.9 Å². The van der Waals surface area contributed by atoms with Gasteiger partial charge in [-0.25, -0.2) is 19.4 Å². The number of aryl methyl sites for hydroxylation is 1. The van der Waals surface area contributed by atoms with Crippen molar-refractivity contribution in [2.24, 2.45) is 0 Å². The lowest BCUT2D eigenvalue weighted by molar-refractivity contribution is -0.172. The van der Waals surface area contributed by atoms with Gasteiger partial charge < -0.3 is 33.4 Å². The van der Waals surface area contributed by atoms with Crippen LogP contribution in [0.2, 0.25) is 0 Å². The van der Waals surface area contributed by atoms with Crippen molar-refractivity contribution < 1.29 is 43.2 Å². The second-order valence-corrected chi connectivity index (χ2v) is 18.9. The molecule has 2 atom stereocenters. The summed E-state index contributed by atoms with van der Waals surface area (Å²) < 4.78 is 31.1. The van der Waals surface area contributed by atoms with E-state index in [2.05, 4.69) is 6.92 Å². The maximum Gasteiger partial charge on any atom is 0.350 e. The summed E-state index contributed by atoms with van der Waals surface area (Å²) in [6, 6.07) is 6.95. The van der Waals surface area contributed by atoms with Gasteiger partial charge in [0, 0.05) is 28.5 Å². The van der Waals surface area contributed by atoms with E-state index in [1.165, 1.54) is 70.6 Å². The lowest BCUT2D eigenvalue weighted by Gasteiger charge is -2.36. The first-order chi connectivity index (χ1) is 31.8. The number of hydrogen-bond acceptors (Lipinski definition) is 11. The molecule has 1 N–H and O–H groups in total. The molecule has 3 aliphatic heterocycles. The van der Waals surface area contributed by atoms with Crippen LogP contribution in [0.3, 0.4) is 0 Å². The van der Waals surface area contributed by atoms with Crippen LogP contribution in [-0.2, 0) is 55.5 Å². The number of rotatable bonds is 22. The molecule has 0 saturated heterocycles. The predicted molar refractivity (Wildman–Crippen MR) is 254 cm³/mol. The van der Waals surface area contributed by atoms with E-state index < -0.39 is 23.1 Å². The summed E-state index contributed by atoms with van der Waals surface area (Å²) in [4.78, 5) is 58.1. The number of ether oxygens (including phenoxy) is 5. The highest BCUT2D eigenvalue weighted by molar-refractivity contribution is 5.90. The lowest BCUT2D eigenvalue weighted by Crippen LogP contribution is -2.46. The fourth-order valence-electron chi connectivity index (χ4n) is 10.1. The van der Waals surface area contributed by atoms with Crippen molar-refractivity contribution in [3.05, 3.63) is 79.1 Å². The number of pyridine rings is 2. The molecule has 4 aromatic rings. The van der Waals surface area contributed by atoms with E-state index in [0.29, 0.717) is 60.0 Å². The Bertz CT molecular complexity index is 2530. The number of carbonyl (C=O) groups is 3. The maximum absolute atomic E-state index is 13.7. The fourth-order valence-corrected chi connectivity index (χ4v) is 10.1. The third-order valence-corrected chi connectivity index (χ3v) is 14.4. The molecular formula is C54H70N2O10. The molecule has 2 aromatic carbocycles. The van der Waals surface area contributed by atoms with Crippen LogP contribution in [0.15, 0.2) is 29.1 Å². The summed E-state index contributed by atoms with van der Waals surface area (Å²) in [5, 5.41) is 12.1. The molecule has 0 aliphatic carbocycles. The maximum atomic E-state index is 13.7. The minimum absolute atomic E-state index is 0.0617. The highest BCUT2D eigenvalue weighted by Crippen LogP contribution is 2.45. The van der Waals surface area contributed by atoms with Crippen LogP contribution in [0.25, 0.3) is 22.3 Å². The number of nitrogens with zero attached hydrogens (tertiary/aromatic N) is 2. The van der Waals surface area contributed by atoms with Crippen molar-refractivity contribution in [2.45, 2.75) is 188 Å². The molecule has 0 fully saturated rings. The zero-order valence-corrected chi connectivity index (χ0v) is 40.4. The standard InChI is InChI=1S/C54H70N2O10/c1-8-11-12-13-14-15-16-17-18-19-20-21-22-23-28-62-51(59)53(7)27-26-39-36(6)48(34(4)35(5)49(39)66-53)63-33-46(57)65-37-24-25-44-40(29-37)38(9-2)41-31-56-45(47(41)55-44)30-43-42(50(56)58)32-64-52(60)54(43,61)10-3/h24-25,29-30,61H,8-23,26-28,31-33H2,1-7H3/t53-,54-/m0/s1. The van der Waals surface area contributed by atoms with Crippen LogP contribution in [0.1, 0.15) is 175 Å². The third-order valence-electron chi connectivity index (χ3n) is 14.4. The Morgan fingerprint density at radius 2 is 1.50 bits per heavy atom. The molecule has 12 heteroatoms. The molecule has 0 spiro atoms. The molecule has 2 aromatic heterocycles. The van der Waals surface area contributed by atoms with Crippen molar-refractivity contribution in [2.75, 3.05) is 13.2 Å². The zero-order valence-electron chi connectivity index (χ0n) is 40.4. The van der Waals surface area contributed by atoms with Gasteiger partial charge in [-0.3, -0.25) is 4.79 Å². The molecule has 0 radical (unpaired) electrons. The number of cyclic esters (lactones) is 1. The normalized spacial score (nSPS) is 18.2. The number of esters is 3. The summed E-state index contributed by atoms with van der Waals surface area (Å²) in [5.74, 6) is -0.0844. The minimum Gasteiger partial charge on any atom is -0.481 e. The highest BCUT2D eigenvalue weighted by Gasteiger charge is 2.46. The highest BCUT2D eigenvalue weighted by atomic mass is 16.6. The van der Waals surface area contributed by atoms with Crippen LogP contribution < -0.4 is 19.8 Å². The van der Waals surface area contributed by atoms with Crippen molar-refractivity contribution >= 4 is 28.8 Å². The van der Waals surface area contributed by atoms with E-state index in [0.717, 1.165) is 58.0 Å². The third kappa shape index (κ3) is 9.90. The molecule has 3 aliphatic rings. The van der Waals surface area contributed by atoms with Gasteiger partial charge in [-0.2, -0.15) is 0 Å². The Morgan fingerprint density at radius 1 is 0.833 bits per heavy atom. The Labute approximate surface area is 389 Å². The Hall–Kier alpha value is -5.23. The van der Waals surface area contributed by atoms with Gasteiger partial charge in [-0.1, -0.05) is 104 Å². The Morgan fingerprint density at radius 3 is 2.15 bits per heavy atom. The summed E-state index contributed by atoms with van der Waals surface area (Å²) in [6.45, 7) is 13.7. The van der Waals surface area contributed by atoms with Gasteiger partial charge in [0.1, 0.15) is 23.9 Å². The van der Waals surface area contributed by atoms with E-state index in [1.54, 1.807) is 35.8 Å². The number of hydrogen-bond donors (Lipinski definition) is 1. The molecule has 0 saturated carbocycles. The largest absolute Gasteiger partial charge is 0.481 e. The summed E-state index contributed by atoms with van der Waals surface area (Å²) >= 11 is 0. The molecule has 0 amide bonds. The second kappa shape index (κ2) is 21.2. The van der Waals surface area contributed by atoms with Gasteiger partial charge in [-0.05, 0) is 99.9 Å². The number of carbonyl (C=O) groups excluding carboxylic acids is 3. The van der Waals surface area contributed by atoms with Gasteiger partial charge in [0.15, 0.2) is 12.2 Å². The van der Waals surface area contributed by atoms with E-state index in [-0.39, 0.29) is 48.8 Å². The predicted octanol–water partition coefficient (Wildman–Crippen LogP) is 10.7. The van der Waals surface area contributed by atoms with Crippen molar-refractivity contribution in [3.63, 3.8) is 0 Å². The van der Waals surface area contributed by atoms with E-state index >= 15 is 0 Å². The number of aliphatic hydroxyl groups is 1. The monoisotopic (exact) mass is 907 g/mol. The molecule has 0 unspecified atom stereocenters. The summed E-state index contributed by atoms with van der Waals surface area (Å²) in [7, 11) is 0. The Balaban J connectivity index is 0.923. The van der Waals surface area contributed by atoms with Gasteiger partial charge in [-0.15, -0.1) is 0 Å². The molecule has 356 valence electrons. The van der Waals surface area contributed by atoms with E-state index in [4.69, 9.17) is 28.7 Å². The average Bonchev–Trinajstić information content (AvgIpc) is 3.68. The van der Waals surface area contributed by atoms with Crippen LogP contribution >= 0.6 is 0 Å². The van der Waals surface area contributed by atoms with Crippen LogP contribution in [0, 0.1) is 20.8 Å². The fraction of sp³-hybridized carbons (Fsp3) is 0.574. The topological polar surface area (TPSA) is 152 Å². The van der Waals surface area contributed by atoms with Crippen molar-refractivity contribution in [1.82, 2.24) is 9.55 Å². The van der Waals surface area contributed by atoms with Crippen molar-refractivity contribution in [3.8, 4) is 28.6 Å². The van der Waals surface area contributed by atoms with E-state index in [9.17, 15) is 24.3 Å². The summed E-state index contributed by atoms with van der Waals surface area (Å²) in [5.41, 5.74) is 4.30. The lowest BCUT2D eigenvalue weighted by atomic mass is 9.86. The second-order valence-electron chi connectivity index (χ2n) is 18.9. The number of benzene rings is 2. The molecule has 7 rings (SSSR count). The van der Waals surface area contributed by atoms with Crippen molar-refractivity contribution in [1.29, 1.82) is 0 Å². The van der Waals surface area contributed by atoms with Gasteiger partial charge in [0.2, 0.25) is 5.60 Å². The average molecular weight is 907 g/mol. The van der Waals surface area contributed by atoms with Gasteiger partial charge in [0.25, 0.3) is 5.56 Å². The first-order valence-corrected chi connectivity index (χ1v) is 24.7. The molecule has 12 nitrogen and oxygen atoms in total. The zero-order chi connectivity index (χ0) is 47.2. The van der Waals surface area contributed by atoms with Gasteiger partial charge in [0.05, 0.1) is 35.6 Å². The Kier molecular flexibility index (Phi) is 15.6. The number of aromatic nitrogens is 2. The first kappa shape index (κ1) is 48.7. The quantitative estimate of drug-likeness (QED) is 0.0401. The van der Waals surface area contributed by atoms with Crippen LogP contribution in [0.4, 0.5) is 0 Å². The molecular weight excluding hydrogens is 837 g/mol. The van der Waals surface area contributed by atoms with E-state index in [1.807, 2.05) is 34.6 Å². The van der Waals surface area contributed by atoms with Crippen LogP contribution in [0.5, 0.6) is 17.2 Å². The number of unbranched alkanes of at least 4 members (excludes halogenated alkanes) is 13. The minimum atomic E-state index is -1.91. The summed E-state index contributed by atoms with van der Waals surface area (Å²) in [6.07, 6.45) is 19.5. The SMILES string of the molecule is CCCCCCCCCCCCCCCCOC(=O)[C@]1(C)CCc2c(C)c(OCC(=O)Oc3ccc4nc5c(c(CC)c4c3)Cn3c-5cc4c(c3=O)COC(=O)[C@]4(O)CC)c(C)c(C)c2O1. The molecule has 5 heterocycles. The first-order valence-electron chi connectivity index (χ1n) is 24.7. The number of fused-ring (bicyclic) bond motifs is 6.